The molecule has 0 atom stereocenters. The van der Waals surface area contributed by atoms with Gasteiger partial charge in [-0.05, 0) is 25.5 Å². The summed E-state index contributed by atoms with van der Waals surface area (Å²) < 4.78 is 0. The van der Waals surface area contributed by atoms with Gasteiger partial charge in [-0.2, -0.15) is 0 Å². The van der Waals surface area contributed by atoms with Crippen LogP contribution >= 0.6 is 0 Å². The largest absolute Gasteiger partial charge is 0.361 e. The van der Waals surface area contributed by atoms with E-state index in [4.69, 9.17) is 0 Å². The lowest BCUT2D eigenvalue weighted by Gasteiger charge is -2.27. The number of likely N-dealkylation sites (N-methyl/N-ethyl adjacent to an activating group) is 1. The quantitative estimate of drug-likeness (QED) is 0.891. The summed E-state index contributed by atoms with van der Waals surface area (Å²) >= 11 is 0. The molecule has 0 aliphatic carbocycles. The SMILES string of the molecule is CCN(CC)C(=O)CN1CCNCc2ccccc21. The summed E-state index contributed by atoms with van der Waals surface area (Å²) in [5.74, 6) is 0.210. The van der Waals surface area contributed by atoms with Gasteiger partial charge in [0.05, 0.1) is 6.54 Å². The molecule has 1 aliphatic heterocycles. The van der Waals surface area contributed by atoms with Gasteiger partial charge in [0.2, 0.25) is 5.91 Å². The normalized spacial score (nSPS) is 14.7. The first-order chi connectivity index (χ1) is 9.26. The van der Waals surface area contributed by atoms with Crippen LogP contribution in [0.1, 0.15) is 19.4 Å². The van der Waals surface area contributed by atoms with E-state index in [0.717, 1.165) is 32.7 Å². The van der Waals surface area contributed by atoms with E-state index in [1.54, 1.807) is 0 Å². The third-order valence-corrected chi connectivity index (χ3v) is 3.65. The van der Waals surface area contributed by atoms with Crippen molar-refractivity contribution in [1.29, 1.82) is 0 Å². The molecule has 104 valence electrons. The van der Waals surface area contributed by atoms with Gasteiger partial charge in [-0.25, -0.2) is 0 Å². The number of benzene rings is 1. The van der Waals surface area contributed by atoms with Crippen molar-refractivity contribution in [1.82, 2.24) is 10.2 Å². The van der Waals surface area contributed by atoms with Gasteiger partial charge in [-0.1, -0.05) is 18.2 Å². The van der Waals surface area contributed by atoms with Gasteiger partial charge in [-0.3, -0.25) is 4.79 Å². The zero-order valence-corrected chi connectivity index (χ0v) is 11.9. The predicted octanol–water partition coefficient (Wildman–Crippen LogP) is 1.46. The Labute approximate surface area is 115 Å². The second-order valence-electron chi connectivity index (χ2n) is 4.79. The average Bonchev–Trinajstić information content (AvgIpc) is 2.63. The number of fused-ring (bicyclic) bond motifs is 1. The van der Waals surface area contributed by atoms with Gasteiger partial charge in [-0.15, -0.1) is 0 Å². The van der Waals surface area contributed by atoms with Gasteiger partial charge >= 0.3 is 0 Å². The smallest absolute Gasteiger partial charge is 0.242 e. The van der Waals surface area contributed by atoms with E-state index >= 15 is 0 Å². The fourth-order valence-corrected chi connectivity index (χ4v) is 2.53. The highest BCUT2D eigenvalue weighted by molar-refractivity contribution is 5.81. The van der Waals surface area contributed by atoms with Crippen molar-refractivity contribution in [2.75, 3.05) is 37.6 Å². The molecule has 0 spiro atoms. The number of carbonyl (C=O) groups excluding carboxylic acids is 1. The Bertz CT molecular complexity index is 429. The van der Waals surface area contributed by atoms with Crippen LogP contribution in [-0.2, 0) is 11.3 Å². The topological polar surface area (TPSA) is 35.6 Å². The van der Waals surface area contributed by atoms with Gasteiger partial charge in [0, 0.05) is 38.4 Å². The Morgan fingerprint density at radius 2 is 2.05 bits per heavy atom. The molecule has 1 heterocycles. The molecule has 0 saturated carbocycles. The van der Waals surface area contributed by atoms with E-state index in [9.17, 15) is 4.79 Å². The molecule has 1 amide bonds. The monoisotopic (exact) mass is 261 g/mol. The van der Waals surface area contributed by atoms with Crippen molar-refractivity contribution < 1.29 is 4.79 Å². The van der Waals surface area contributed by atoms with Crippen molar-refractivity contribution in [3.63, 3.8) is 0 Å². The molecule has 0 aromatic heterocycles. The van der Waals surface area contributed by atoms with E-state index in [-0.39, 0.29) is 5.91 Å². The summed E-state index contributed by atoms with van der Waals surface area (Å²) in [6.07, 6.45) is 0. The van der Waals surface area contributed by atoms with Crippen LogP contribution in [-0.4, -0.2) is 43.5 Å². The fraction of sp³-hybridized carbons (Fsp3) is 0.533. The van der Waals surface area contributed by atoms with E-state index < -0.39 is 0 Å². The van der Waals surface area contributed by atoms with Gasteiger partial charge in [0.1, 0.15) is 0 Å². The highest BCUT2D eigenvalue weighted by Crippen LogP contribution is 2.21. The number of amides is 1. The van der Waals surface area contributed by atoms with Crippen LogP contribution in [0.15, 0.2) is 24.3 Å². The fourth-order valence-electron chi connectivity index (χ4n) is 2.53. The molecule has 0 radical (unpaired) electrons. The molecule has 19 heavy (non-hydrogen) atoms. The van der Waals surface area contributed by atoms with Crippen LogP contribution in [0.5, 0.6) is 0 Å². The van der Waals surface area contributed by atoms with E-state index in [1.807, 2.05) is 24.8 Å². The molecule has 4 nitrogen and oxygen atoms in total. The van der Waals surface area contributed by atoms with Crippen molar-refractivity contribution in [3.8, 4) is 0 Å². The summed E-state index contributed by atoms with van der Waals surface area (Å²) in [6, 6.07) is 8.33. The number of hydrogen-bond donors (Lipinski definition) is 1. The first-order valence-electron chi connectivity index (χ1n) is 7.07. The Hall–Kier alpha value is -1.55. The maximum absolute atomic E-state index is 12.3. The number of nitrogens with zero attached hydrogens (tertiary/aromatic N) is 2. The first kappa shape index (κ1) is 13.9. The van der Waals surface area contributed by atoms with Gasteiger partial charge in [0.25, 0.3) is 0 Å². The van der Waals surface area contributed by atoms with Crippen LogP contribution in [0, 0.1) is 0 Å². The number of anilines is 1. The molecular weight excluding hydrogens is 238 g/mol. The number of rotatable bonds is 4. The van der Waals surface area contributed by atoms with Gasteiger partial charge in [0.15, 0.2) is 0 Å². The minimum atomic E-state index is 0.210. The summed E-state index contributed by atoms with van der Waals surface area (Å²) in [5, 5.41) is 3.40. The van der Waals surface area contributed by atoms with Crippen LogP contribution in [0.4, 0.5) is 5.69 Å². The predicted molar refractivity (Wildman–Crippen MR) is 78.3 cm³/mol. The zero-order valence-electron chi connectivity index (χ0n) is 11.9. The van der Waals surface area contributed by atoms with Crippen LogP contribution in [0.3, 0.4) is 0 Å². The Kier molecular flexibility index (Phi) is 4.80. The van der Waals surface area contributed by atoms with E-state index in [2.05, 4.69) is 28.4 Å². The standard InChI is InChI=1S/C15H23N3O/c1-3-17(4-2)15(19)12-18-10-9-16-11-13-7-5-6-8-14(13)18/h5-8,16H,3-4,9-12H2,1-2H3. The minimum Gasteiger partial charge on any atom is -0.361 e. The lowest BCUT2D eigenvalue weighted by molar-refractivity contribution is -0.129. The van der Waals surface area contributed by atoms with Crippen molar-refractivity contribution in [3.05, 3.63) is 29.8 Å². The molecule has 1 aromatic rings. The maximum Gasteiger partial charge on any atom is 0.242 e. The molecule has 2 rings (SSSR count). The Morgan fingerprint density at radius 1 is 1.32 bits per heavy atom. The van der Waals surface area contributed by atoms with Crippen LogP contribution in [0.25, 0.3) is 0 Å². The third-order valence-electron chi connectivity index (χ3n) is 3.65. The second-order valence-corrected chi connectivity index (χ2v) is 4.79. The molecule has 1 aromatic carbocycles. The number of hydrogen-bond acceptors (Lipinski definition) is 3. The van der Waals surface area contributed by atoms with Crippen LogP contribution in [0.2, 0.25) is 0 Å². The van der Waals surface area contributed by atoms with E-state index in [1.165, 1.54) is 11.3 Å². The van der Waals surface area contributed by atoms with Crippen LogP contribution < -0.4 is 10.2 Å². The van der Waals surface area contributed by atoms with E-state index in [0.29, 0.717) is 6.54 Å². The summed E-state index contributed by atoms with van der Waals surface area (Å²) in [5.41, 5.74) is 2.46. The first-order valence-corrected chi connectivity index (χ1v) is 7.07. The zero-order chi connectivity index (χ0) is 13.7. The average molecular weight is 261 g/mol. The molecule has 1 N–H and O–H groups in total. The maximum atomic E-state index is 12.3. The van der Waals surface area contributed by atoms with Crippen molar-refractivity contribution >= 4 is 11.6 Å². The minimum absolute atomic E-state index is 0.210. The molecular formula is C15H23N3O. The highest BCUT2D eigenvalue weighted by atomic mass is 16.2. The summed E-state index contributed by atoms with van der Waals surface area (Å²) in [7, 11) is 0. The lowest BCUT2D eigenvalue weighted by atomic mass is 10.1. The van der Waals surface area contributed by atoms with Gasteiger partial charge < -0.3 is 15.1 Å². The number of carbonyl (C=O) groups is 1. The molecule has 1 aliphatic rings. The molecule has 0 bridgehead atoms. The molecule has 0 unspecified atom stereocenters. The highest BCUT2D eigenvalue weighted by Gasteiger charge is 2.19. The Balaban J connectivity index is 2.14. The molecule has 4 heteroatoms. The molecule has 0 saturated heterocycles. The Morgan fingerprint density at radius 3 is 2.79 bits per heavy atom. The lowest BCUT2D eigenvalue weighted by Crippen LogP contribution is -2.41. The third kappa shape index (κ3) is 3.26. The summed E-state index contributed by atoms with van der Waals surface area (Å²) in [6.45, 7) is 8.77. The number of para-hydroxylation sites is 1. The van der Waals surface area contributed by atoms with Crippen molar-refractivity contribution in [2.24, 2.45) is 0 Å². The molecule has 0 fully saturated rings. The second kappa shape index (κ2) is 6.57. The van der Waals surface area contributed by atoms with Crippen molar-refractivity contribution in [2.45, 2.75) is 20.4 Å². The number of nitrogens with one attached hydrogen (secondary N) is 1. The summed E-state index contributed by atoms with van der Waals surface area (Å²) in [4.78, 5) is 16.3.